The highest BCUT2D eigenvalue weighted by Crippen LogP contribution is 2.32. The van der Waals surface area contributed by atoms with Gasteiger partial charge in [0.1, 0.15) is 6.04 Å². The number of nitrogens with two attached hydrogens (primary N) is 1. The molecule has 1 heterocycles. The molecule has 3 N–H and O–H groups in total. The van der Waals surface area contributed by atoms with E-state index in [1.54, 1.807) is 6.92 Å². The van der Waals surface area contributed by atoms with Gasteiger partial charge < -0.3 is 16.0 Å². The fourth-order valence-electron chi connectivity index (χ4n) is 3.70. The number of hydrogen-bond donors (Lipinski definition) is 2. The summed E-state index contributed by atoms with van der Waals surface area (Å²) in [5, 5.41) is 2.49. The zero-order valence-electron chi connectivity index (χ0n) is 12.4. The van der Waals surface area contributed by atoms with Crippen LogP contribution in [-0.2, 0) is 4.79 Å². The van der Waals surface area contributed by atoms with Crippen molar-refractivity contribution in [3.05, 3.63) is 0 Å². The summed E-state index contributed by atoms with van der Waals surface area (Å²) in [5.74, 6) is 0.795. The predicted molar refractivity (Wildman–Crippen MR) is 78.1 cm³/mol. The molecule has 0 aromatic rings. The number of amides is 3. The zero-order valence-corrected chi connectivity index (χ0v) is 12.4. The Morgan fingerprint density at radius 1 is 1.20 bits per heavy atom. The minimum Gasteiger partial charge on any atom is -0.352 e. The second-order valence-corrected chi connectivity index (χ2v) is 6.30. The highest BCUT2D eigenvalue weighted by Gasteiger charge is 2.33. The van der Waals surface area contributed by atoms with Gasteiger partial charge in [-0.2, -0.15) is 0 Å². The van der Waals surface area contributed by atoms with Crippen LogP contribution >= 0.6 is 0 Å². The van der Waals surface area contributed by atoms with Gasteiger partial charge in [0.15, 0.2) is 0 Å². The van der Waals surface area contributed by atoms with E-state index < -0.39 is 12.1 Å². The van der Waals surface area contributed by atoms with E-state index in [4.69, 9.17) is 5.73 Å². The van der Waals surface area contributed by atoms with Crippen LogP contribution in [0.3, 0.4) is 0 Å². The van der Waals surface area contributed by atoms with Crippen LogP contribution in [0.1, 0.15) is 58.3 Å². The fourth-order valence-corrected chi connectivity index (χ4v) is 3.70. The van der Waals surface area contributed by atoms with Gasteiger partial charge in [-0.15, -0.1) is 0 Å². The highest BCUT2D eigenvalue weighted by molar-refractivity contribution is 5.86. The van der Waals surface area contributed by atoms with Crippen molar-refractivity contribution in [2.24, 2.45) is 11.7 Å². The van der Waals surface area contributed by atoms with Crippen molar-refractivity contribution in [2.45, 2.75) is 70.4 Å². The molecule has 0 aromatic heterocycles. The van der Waals surface area contributed by atoms with Crippen molar-refractivity contribution in [3.63, 3.8) is 0 Å². The number of carbonyl (C=O) groups excluding carboxylic acids is 2. The molecule has 1 saturated carbocycles. The van der Waals surface area contributed by atoms with Gasteiger partial charge in [-0.1, -0.05) is 32.1 Å². The van der Waals surface area contributed by atoms with Gasteiger partial charge in [-0.3, -0.25) is 4.79 Å². The summed E-state index contributed by atoms with van der Waals surface area (Å²) in [4.78, 5) is 25.2. The molecular weight excluding hydrogens is 254 g/mol. The van der Waals surface area contributed by atoms with E-state index in [2.05, 4.69) is 5.32 Å². The molecule has 1 saturated heterocycles. The zero-order chi connectivity index (χ0) is 14.5. The first-order chi connectivity index (χ1) is 9.58. The van der Waals surface area contributed by atoms with E-state index in [1.165, 1.54) is 32.1 Å². The molecule has 5 nitrogen and oxygen atoms in total. The minimum atomic E-state index is -0.631. The van der Waals surface area contributed by atoms with Crippen LogP contribution in [-0.4, -0.2) is 35.5 Å². The molecule has 0 bridgehead atoms. The van der Waals surface area contributed by atoms with E-state index in [0.717, 1.165) is 31.7 Å². The lowest BCUT2D eigenvalue weighted by atomic mass is 9.84. The average Bonchev–Trinajstić information content (AvgIpc) is 2.86. The molecule has 0 spiro atoms. The van der Waals surface area contributed by atoms with Gasteiger partial charge in [-0.25, -0.2) is 4.79 Å². The summed E-state index contributed by atoms with van der Waals surface area (Å²) < 4.78 is 0. The quantitative estimate of drug-likeness (QED) is 0.827. The lowest BCUT2D eigenvalue weighted by Crippen LogP contribution is -2.50. The number of nitrogens with one attached hydrogen (secondary N) is 1. The first kappa shape index (κ1) is 15.1. The maximum absolute atomic E-state index is 12.4. The summed E-state index contributed by atoms with van der Waals surface area (Å²) >= 11 is 0. The topological polar surface area (TPSA) is 75.4 Å². The normalized spacial score (nSPS) is 25.4. The Morgan fingerprint density at radius 3 is 2.55 bits per heavy atom. The molecule has 2 fully saturated rings. The second kappa shape index (κ2) is 6.95. The predicted octanol–water partition coefficient (Wildman–Crippen LogP) is 2.00. The number of urea groups is 1. The standard InChI is InChI=1S/C15H27N3O2/c1-11(17-15(16)20)14(19)18-9-5-8-13(18)10-12-6-3-2-4-7-12/h11-13H,2-10H2,1H3,(H3,16,17,20)/t11-,13-/m1/s1. The van der Waals surface area contributed by atoms with Crippen LogP contribution in [0.5, 0.6) is 0 Å². The summed E-state index contributed by atoms with van der Waals surface area (Å²) in [5.41, 5.74) is 5.09. The molecule has 0 radical (unpaired) electrons. The lowest BCUT2D eigenvalue weighted by Gasteiger charge is -2.31. The Hall–Kier alpha value is -1.26. The highest BCUT2D eigenvalue weighted by atomic mass is 16.2. The fraction of sp³-hybridized carbons (Fsp3) is 0.867. The Labute approximate surface area is 121 Å². The first-order valence-electron chi connectivity index (χ1n) is 7.94. The summed E-state index contributed by atoms with van der Waals surface area (Å²) in [6, 6.07) is -0.781. The Kier molecular flexibility index (Phi) is 5.26. The van der Waals surface area contributed by atoms with E-state index >= 15 is 0 Å². The number of hydrogen-bond acceptors (Lipinski definition) is 2. The van der Waals surface area contributed by atoms with Crippen molar-refractivity contribution in [1.29, 1.82) is 0 Å². The molecule has 114 valence electrons. The van der Waals surface area contributed by atoms with Crippen LogP contribution in [0.15, 0.2) is 0 Å². The van der Waals surface area contributed by atoms with Crippen molar-refractivity contribution < 1.29 is 9.59 Å². The third-order valence-corrected chi connectivity index (χ3v) is 4.72. The average molecular weight is 281 g/mol. The molecule has 2 rings (SSSR count). The molecule has 20 heavy (non-hydrogen) atoms. The Bertz CT molecular complexity index is 353. The smallest absolute Gasteiger partial charge is 0.312 e. The van der Waals surface area contributed by atoms with Gasteiger partial charge in [-0.05, 0) is 32.1 Å². The van der Waals surface area contributed by atoms with E-state index in [9.17, 15) is 9.59 Å². The van der Waals surface area contributed by atoms with Crippen LogP contribution < -0.4 is 11.1 Å². The Morgan fingerprint density at radius 2 is 1.90 bits per heavy atom. The van der Waals surface area contributed by atoms with Gasteiger partial charge in [0.2, 0.25) is 5.91 Å². The van der Waals surface area contributed by atoms with Crippen molar-refractivity contribution in [1.82, 2.24) is 10.2 Å². The number of likely N-dealkylation sites (tertiary alicyclic amines) is 1. The number of rotatable bonds is 4. The monoisotopic (exact) mass is 281 g/mol. The van der Waals surface area contributed by atoms with Crippen LogP contribution in [0.2, 0.25) is 0 Å². The van der Waals surface area contributed by atoms with E-state index in [0.29, 0.717) is 6.04 Å². The number of nitrogens with zero attached hydrogens (tertiary/aromatic N) is 1. The third-order valence-electron chi connectivity index (χ3n) is 4.72. The summed E-state index contributed by atoms with van der Waals surface area (Å²) in [6.07, 6.45) is 9.98. The van der Waals surface area contributed by atoms with Crippen LogP contribution in [0, 0.1) is 5.92 Å². The van der Waals surface area contributed by atoms with Crippen LogP contribution in [0.4, 0.5) is 4.79 Å². The SMILES string of the molecule is C[C@@H](NC(N)=O)C(=O)N1CCC[C@@H]1CC1CCCCC1. The van der Waals surface area contributed by atoms with Crippen molar-refractivity contribution in [3.8, 4) is 0 Å². The Balaban J connectivity index is 1.88. The maximum atomic E-state index is 12.4. The molecule has 0 aromatic carbocycles. The molecule has 5 heteroatoms. The maximum Gasteiger partial charge on any atom is 0.312 e. The number of primary amides is 1. The third kappa shape index (κ3) is 3.87. The molecule has 2 aliphatic rings. The molecule has 2 atom stereocenters. The van der Waals surface area contributed by atoms with Gasteiger partial charge in [0, 0.05) is 12.6 Å². The summed E-state index contributed by atoms with van der Waals surface area (Å²) in [6.45, 7) is 2.53. The van der Waals surface area contributed by atoms with Gasteiger partial charge in [0.05, 0.1) is 0 Å². The molecule has 0 unspecified atom stereocenters. The van der Waals surface area contributed by atoms with Crippen LogP contribution in [0.25, 0.3) is 0 Å². The van der Waals surface area contributed by atoms with E-state index in [1.807, 2.05) is 4.90 Å². The van der Waals surface area contributed by atoms with Crippen molar-refractivity contribution >= 4 is 11.9 Å². The van der Waals surface area contributed by atoms with Crippen molar-refractivity contribution in [2.75, 3.05) is 6.54 Å². The molecular formula is C15H27N3O2. The second-order valence-electron chi connectivity index (χ2n) is 6.30. The lowest BCUT2D eigenvalue weighted by molar-refractivity contribution is -0.133. The minimum absolute atomic E-state index is 0.0158. The molecule has 1 aliphatic heterocycles. The first-order valence-corrected chi connectivity index (χ1v) is 7.94. The molecule has 3 amide bonds. The van der Waals surface area contributed by atoms with Gasteiger partial charge in [0.25, 0.3) is 0 Å². The largest absolute Gasteiger partial charge is 0.352 e. The number of carbonyl (C=O) groups is 2. The van der Waals surface area contributed by atoms with E-state index in [-0.39, 0.29) is 5.91 Å². The summed E-state index contributed by atoms with van der Waals surface area (Å²) in [7, 11) is 0. The molecule has 1 aliphatic carbocycles. The van der Waals surface area contributed by atoms with Gasteiger partial charge >= 0.3 is 6.03 Å².